The van der Waals surface area contributed by atoms with Crippen molar-refractivity contribution in [3.05, 3.63) is 216 Å². The fraction of sp³-hybridized carbons (Fsp3) is 0.0588. The first-order valence-electron chi connectivity index (χ1n) is 19.1. The third kappa shape index (κ3) is 7.00. The molecule has 1 aliphatic rings. The minimum atomic E-state index is -3.99. The van der Waals surface area contributed by atoms with Gasteiger partial charge in [0.2, 0.25) is 0 Å². The summed E-state index contributed by atoms with van der Waals surface area (Å²) in [6, 6.07) is 63.5. The molecule has 8 aromatic carbocycles. The molecule has 6 nitrogen and oxygen atoms in total. The van der Waals surface area contributed by atoms with Crippen molar-refractivity contribution in [3.8, 4) is 67.1 Å². The lowest BCUT2D eigenvalue weighted by Crippen LogP contribution is -2.29. The maximum atomic E-state index is 13.1. The Bertz CT molecular complexity index is 2740. The largest absolute Gasteiger partial charge is 0.381 e. The van der Waals surface area contributed by atoms with Gasteiger partial charge in [0.15, 0.2) is 11.5 Å². The smallest absolute Gasteiger partial charge is 0.306 e. The standard InChI is InChI=1S/C51H38O6S2/c1-58(52,53)56-49-43(35-19-7-3-8-20-35)31-39(32-44(49)36-21-9-4-10-22-36)51(47-29-17-15-27-41(47)42-28-16-18-30-48(42)51)40-33-45(37-23-11-5-12-24-37)50(57-59(2,54)55)46(34-40)38-25-13-6-14-26-38/h3-34H,1-2H3. The normalized spacial score (nSPS) is 13.0. The van der Waals surface area contributed by atoms with E-state index in [9.17, 15) is 16.8 Å². The monoisotopic (exact) mass is 810 g/mol. The second-order valence-corrected chi connectivity index (χ2v) is 17.8. The van der Waals surface area contributed by atoms with E-state index in [-0.39, 0.29) is 11.5 Å². The first-order chi connectivity index (χ1) is 28.5. The molecule has 0 radical (unpaired) electrons. The summed E-state index contributed by atoms with van der Waals surface area (Å²) in [4.78, 5) is 0. The Morgan fingerprint density at radius 1 is 0.339 bits per heavy atom. The molecule has 0 aliphatic heterocycles. The van der Waals surface area contributed by atoms with Gasteiger partial charge in [-0.1, -0.05) is 170 Å². The van der Waals surface area contributed by atoms with Crippen molar-refractivity contribution >= 4 is 20.2 Å². The van der Waals surface area contributed by atoms with Gasteiger partial charge < -0.3 is 8.37 Å². The van der Waals surface area contributed by atoms with Gasteiger partial charge in [0.25, 0.3) is 0 Å². The van der Waals surface area contributed by atoms with Crippen LogP contribution in [0.3, 0.4) is 0 Å². The molecular weight excluding hydrogens is 773 g/mol. The van der Waals surface area contributed by atoms with Crippen LogP contribution in [0, 0.1) is 0 Å². The van der Waals surface area contributed by atoms with Gasteiger partial charge in [-0.25, -0.2) is 0 Å². The highest BCUT2D eigenvalue weighted by Gasteiger charge is 2.47. The molecule has 0 saturated carbocycles. The Kier molecular flexibility index (Phi) is 9.54. The fourth-order valence-electron chi connectivity index (χ4n) is 8.53. The third-order valence-electron chi connectivity index (χ3n) is 10.8. The lowest BCUT2D eigenvalue weighted by molar-refractivity contribution is 0.493. The first-order valence-corrected chi connectivity index (χ1v) is 22.7. The fourth-order valence-corrected chi connectivity index (χ4v) is 9.49. The Morgan fingerprint density at radius 2 is 0.593 bits per heavy atom. The molecule has 0 atom stereocenters. The van der Waals surface area contributed by atoms with Gasteiger partial charge >= 0.3 is 20.2 Å². The third-order valence-corrected chi connectivity index (χ3v) is 11.7. The number of fused-ring (bicyclic) bond motifs is 3. The zero-order chi connectivity index (χ0) is 40.8. The van der Waals surface area contributed by atoms with Gasteiger partial charge in [-0.15, -0.1) is 0 Å². The number of hydrogen-bond acceptors (Lipinski definition) is 6. The second kappa shape index (κ2) is 14.9. The van der Waals surface area contributed by atoms with E-state index in [4.69, 9.17) is 8.37 Å². The average Bonchev–Trinajstić information content (AvgIpc) is 3.55. The molecule has 0 fully saturated rings. The number of rotatable bonds is 10. The Morgan fingerprint density at radius 3 is 0.864 bits per heavy atom. The second-order valence-electron chi connectivity index (χ2n) is 14.7. The van der Waals surface area contributed by atoms with Gasteiger partial charge in [-0.05, 0) is 79.9 Å². The van der Waals surface area contributed by atoms with Crippen LogP contribution in [0.5, 0.6) is 11.5 Å². The summed E-state index contributed by atoms with van der Waals surface area (Å²) in [5, 5.41) is 0. The summed E-state index contributed by atoms with van der Waals surface area (Å²) >= 11 is 0. The molecule has 9 rings (SSSR count). The minimum absolute atomic E-state index is 0.218. The van der Waals surface area contributed by atoms with Crippen LogP contribution in [0.2, 0.25) is 0 Å². The quantitative estimate of drug-likeness (QED) is 0.128. The van der Waals surface area contributed by atoms with Crippen LogP contribution in [0.25, 0.3) is 55.6 Å². The van der Waals surface area contributed by atoms with E-state index in [0.717, 1.165) is 68.1 Å². The van der Waals surface area contributed by atoms with Crippen molar-refractivity contribution in [2.75, 3.05) is 12.5 Å². The van der Waals surface area contributed by atoms with Crippen molar-refractivity contribution in [3.63, 3.8) is 0 Å². The molecular formula is C51H38O6S2. The van der Waals surface area contributed by atoms with Crippen molar-refractivity contribution in [2.45, 2.75) is 5.41 Å². The highest BCUT2D eigenvalue weighted by atomic mass is 32.2. The zero-order valence-electron chi connectivity index (χ0n) is 32.2. The van der Waals surface area contributed by atoms with Gasteiger partial charge in [-0.2, -0.15) is 16.8 Å². The number of benzene rings is 8. The highest BCUT2D eigenvalue weighted by molar-refractivity contribution is 7.86. The van der Waals surface area contributed by atoms with Crippen molar-refractivity contribution < 1.29 is 25.2 Å². The Hall–Kier alpha value is -6.74. The lowest BCUT2D eigenvalue weighted by Gasteiger charge is -2.36. The van der Waals surface area contributed by atoms with Gasteiger partial charge in [-0.3, -0.25) is 0 Å². The van der Waals surface area contributed by atoms with E-state index in [1.165, 1.54) is 0 Å². The van der Waals surface area contributed by atoms with Crippen LogP contribution in [-0.2, 0) is 25.7 Å². The first kappa shape index (κ1) is 37.8. The Balaban J connectivity index is 1.50. The van der Waals surface area contributed by atoms with Gasteiger partial charge in [0.1, 0.15) is 0 Å². The van der Waals surface area contributed by atoms with Crippen LogP contribution in [0.1, 0.15) is 22.3 Å². The molecule has 0 amide bonds. The summed E-state index contributed by atoms with van der Waals surface area (Å²) in [7, 11) is -7.98. The van der Waals surface area contributed by atoms with Crippen molar-refractivity contribution in [2.24, 2.45) is 0 Å². The molecule has 0 bridgehead atoms. The molecule has 0 unspecified atom stereocenters. The van der Waals surface area contributed by atoms with Crippen LogP contribution >= 0.6 is 0 Å². The Labute approximate surface area is 345 Å². The molecule has 0 N–H and O–H groups in total. The average molecular weight is 811 g/mol. The van der Waals surface area contributed by atoms with E-state index in [1.54, 1.807) is 0 Å². The minimum Gasteiger partial charge on any atom is -0.381 e. The summed E-state index contributed by atoms with van der Waals surface area (Å²) < 4.78 is 64.4. The summed E-state index contributed by atoms with van der Waals surface area (Å²) in [5.41, 5.74) is 10.2. The number of hydrogen-bond donors (Lipinski definition) is 0. The van der Waals surface area contributed by atoms with Crippen molar-refractivity contribution in [1.82, 2.24) is 0 Å². The molecule has 0 heterocycles. The van der Waals surface area contributed by atoms with E-state index < -0.39 is 25.7 Å². The molecule has 1 aliphatic carbocycles. The SMILES string of the molecule is CS(=O)(=O)Oc1c(-c2ccccc2)cc(C2(c3cc(-c4ccccc4)c(OS(C)(=O)=O)c(-c4ccccc4)c3)c3ccccc3-c3ccccc32)cc1-c1ccccc1. The molecule has 290 valence electrons. The zero-order valence-corrected chi connectivity index (χ0v) is 33.9. The summed E-state index contributed by atoms with van der Waals surface area (Å²) in [6.07, 6.45) is 2.12. The van der Waals surface area contributed by atoms with Crippen LogP contribution < -0.4 is 8.37 Å². The van der Waals surface area contributed by atoms with E-state index in [0.29, 0.717) is 22.3 Å². The maximum Gasteiger partial charge on any atom is 0.306 e. The lowest BCUT2D eigenvalue weighted by atomic mass is 9.66. The molecule has 0 spiro atoms. The van der Waals surface area contributed by atoms with Gasteiger partial charge in [0.05, 0.1) is 17.9 Å². The highest BCUT2D eigenvalue weighted by Crippen LogP contribution is 2.59. The molecule has 8 aromatic rings. The maximum absolute atomic E-state index is 13.1. The molecule has 0 aromatic heterocycles. The van der Waals surface area contributed by atoms with Gasteiger partial charge in [0, 0.05) is 22.3 Å². The topological polar surface area (TPSA) is 86.7 Å². The predicted molar refractivity (Wildman–Crippen MR) is 236 cm³/mol. The summed E-state index contributed by atoms with van der Waals surface area (Å²) in [6.45, 7) is 0. The van der Waals surface area contributed by atoms with E-state index >= 15 is 0 Å². The van der Waals surface area contributed by atoms with E-state index in [2.05, 4.69) is 24.3 Å². The van der Waals surface area contributed by atoms with Crippen LogP contribution in [-0.4, -0.2) is 29.3 Å². The van der Waals surface area contributed by atoms with E-state index in [1.807, 2.05) is 170 Å². The molecule has 59 heavy (non-hydrogen) atoms. The van der Waals surface area contributed by atoms with Crippen LogP contribution in [0.4, 0.5) is 0 Å². The molecule has 0 saturated heterocycles. The summed E-state index contributed by atoms with van der Waals surface area (Å²) in [5.74, 6) is 0.436. The molecule has 8 heteroatoms. The predicted octanol–water partition coefficient (Wildman–Crippen LogP) is 11.4. The van der Waals surface area contributed by atoms with Crippen molar-refractivity contribution in [1.29, 1.82) is 0 Å². The van der Waals surface area contributed by atoms with Crippen LogP contribution in [0.15, 0.2) is 194 Å².